The number of fused-ring (bicyclic) bond motifs is 1. The summed E-state index contributed by atoms with van der Waals surface area (Å²) < 4.78 is 52.9. The van der Waals surface area contributed by atoms with Crippen LogP contribution in [0.4, 0.5) is 35.0 Å². The number of hydrogen-bond donors (Lipinski definition) is 3. The summed E-state index contributed by atoms with van der Waals surface area (Å²) >= 11 is 1.51. The zero-order valence-corrected chi connectivity index (χ0v) is 20.5. The van der Waals surface area contributed by atoms with Gasteiger partial charge in [0, 0.05) is 30.1 Å². The molecule has 4 rings (SSSR count). The summed E-state index contributed by atoms with van der Waals surface area (Å²) in [6, 6.07) is 7.14. The highest BCUT2D eigenvalue weighted by Crippen LogP contribution is 2.34. The molecular weight excluding hydrogens is 501 g/mol. The normalized spacial score (nSPS) is 13.8. The van der Waals surface area contributed by atoms with E-state index in [1.54, 1.807) is 12.3 Å². The average Bonchev–Trinajstić information content (AvgIpc) is 3.26. The molecule has 1 aromatic heterocycles. The molecule has 184 valence electrons. The minimum Gasteiger partial charge on any atom is -0.472 e. The number of carbonyl (C=O) groups is 2. The third kappa shape index (κ3) is 4.98. The van der Waals surface area contributed by atoms with Crippen molar-refractivity contribution >= 4 is 56.4 Å². The Kier molecular flexibility index (Phi) is 7.03. The molecule has 0 saturated heterocycles. The molecule has 1 unspecified atom stereocenters. The van der Waals surface area contributed by atoms with Crippen LogP contribution in [0.25, 0.3) is 0 Å². The molecule has 0 bridgehead atoms. The van der Waals surface area contributed by atoms with E-state index in [0.717, 1.165) is 32.2 Å². The van der Waals surface area contributed by atoms with Gasteiger partial charge in [0.15, 0.2) is 18.4 Å². The van der Waals surface area contributed by atoms with Crippen molar-refractivity contribution in [3.63, 3.8) is 0 Å². The van der Waals surface area contributed by atoms with Crippen LogP contribution in [0.3, 0.4) is 0 Å². The summed E-state index contributed by atoms with van der Waals surface area (Å²) in [6.45, 7) is 3.38. The first-order valence-electron chi connectivity index (χ1n) is 10.3. The molecule has 7 nitrogen and oxygen atoms in total. The van der Waals surface area contributed by atoms with Crippen molar-refractivity contribution in [1.29, 1.82) is 0 Å². The number of nitrogens with zero attached hydrogens (tertiary/aromatic N) is 1. The monoisotopic (exact) mass is 522 g/mol. The number of anilines is 3. The van der Waals surface area contributed by atoms with Crippen LogP contribution in [-0.2, 0) is 0 Å². The smallest absolute Gasteiger partial charge is 0.329 e. The van der Waals surface area contributed by atoms with Gasteiger partial charge in [0.1, 0.15) is 17.3 Å². The quantitative estimate of drug-likeness (QED) is 0.376. The predicted molar refractivity (Wildman–Crippen MR) is 133 cm³/mol. The van der Waals surface area contributed by atoms with E-state index in [9.17, 15) is 22.8 Å². The van der Waals surface area contributed by atoms with Gasteiger partial charge in [-0.25, -0.2) is 18.0 Å². The van der Waals surface area contributed by atoms with E-state index in [4.69, 9.17) is 4.74 Å². The number of amides is 3. The summed E-state index contributed by atoms with van der Waals surface area (Å²) in [5.74, 6) is -3.37. The van der Waals surface area contributed by atoms with Crippen LogP contribution in [0.5, 0.6) is 5.75 Å². The lowest BCUT2D eigenvalue weighted by molar-refractivity contribution is 0.0936. The maximum atomic E-state index is 14.8. The number of aryl methyl sites for hydroxylation is 1. The summed E-state index contributed by atoms with van der Waals surface area (Å²) in [5, 5.41) is 6.62. The first-order chi connectivity index (χ1) is 16.7. The van der Waals surface area contributed by atoms with Gasteiger partial charge in [-0.1, -0.05) is 10.7 Å². The van der Waals surface area contributed by atoms with Crippen LogP contribution in [0.1, 0.15) is 22.2 Å². The van der Waals surface area contributed by atoms with Gasteiger partial charge < -0.3 is 15.4 Å². The number of carbonyl (C=O) groups excluding carboxylic acids is 2. The molecular formula is C23H21F3N4O3S2. The second-order valence-electron chi connectivity index (χ2n) is 7.36. The minimum absolute atomic E-state index is 0.0817. The lowest BCUT2D eigenvalue weighted by atomic mass is 10.1. The largest absolute Gasteiger partial charge is 0.472 e. The molecule has 1 aliphatic rings. The molecule has 0 spiro atoms. The fourth-order valence-electron chi connectivity index (χ4n) is 3.39. The molecule has 3 amide bonds. The van der Waals surface area contributed by atoms with E-state index in [0.29, 0.717) is 0 Å². The van der Waals surface area contributed by atoms with Crippen LogP contribution in [-0.4, -0.2) is 31.1 Å². The first kappa shape index (κ1) is 24.6. The number of thiophene rings is 1. The maximum Gasteiger partial charge on any atom is 0.329 e. The highest BCUT2D eigenvalue weighted by Gasteiger charge is 2.30. The second kappa shape index (κ2) is 10.0. The van der Waals surface area contributed by atoms with Crippen molar-refractivity contribution < 1.29 is 27.5 Å². The van der Waals surface area contributed by atoms with Crippen molar-refractivity contribution in [3.05, 3.63) is 64.3 Å². The number of urea groups is 1. The Morgan fingerprint density at radius 1 is 1.14 bits per heavy atom. The Bertz CT molecular complexity index is 1340. The number of rotatable bonds is 5. The SMILES string of the molecule is CC=S(NC(=O)Nc1c(F)cc(N2COc3cc(NC)c(F)cc3C2=O)cc1F)c1ccc(C)s1. The van der Waals surface area contributed by atoms with Crippen LogP contribution in [0, 0.1) is 24.4 Å². The highest BCUT2D eigenvalue weighted by molar-refractivity contribution is 8.15. The van der Waals surface area contributed by atoms with E-state index in [2.05, 4.69) is 15.4 Å². The van der Waals surface area contributed by atoms with E-state index in [1.165, 1.54) is 24.5 Å². The van der Waals surface area contributed by atoms with Crippen molar-refractivity contribution in [2.24, 2.45) is 0 Å². The fraction of sp³-hybridized carbons (Fsp3) is 0.174. The Morgan fingerprint density at radius 2 is 1.86 bits per heavy atom. The number of benzene rings is 2. The molecule has 1 atom stereocenters. The third-order valence-electron chi connectivity index (χ3n) is 5.11. The summed E-state index contributed by atoms with van der Waals surface area (Å²) in [7, 11) is 0.774. The fourth-order valence-corrected chi connectivity index (χ4v) is 6.06. The molecule has 0 radical (unpaired) electrons. The molecule has 2 heterocycles. The zero-order valence-electron chi connectivity index (χ0n) is 18.9. The van der Waals surface area contributed by atoms with E-state index in [-0.39, 0.29) is 29.4 Å². The Morgan fingerprint density at radius 3 is 2.46 bits per heavy atom. The molecule has 0 fully saturated rings. The molecule has 0 aliphatic carbocycles. The van der Waals surface area contributed by atoms with Crippen molar-refractivity contribution in [2.75, 3.05) is 29.3 Å². The topological polar surface area (TPSA) is 82.7 Å². The number of halogens is 3. The molecule has 0 saturated carbocycles. The lowest BCUT2D eigenvalue weighted by Gasteiger charge is -2.29. The predicted octanol–water partition coefficient (Wildman–Crippen LogP) is 5.70. The van der Waals surface area contributed by atoms with Gasteiger partial charge in [0.25, 0.3) is 5.91 Å². The number of nitrogens with one attached hydrogen (secondary N) is 3. The van der Waals surface area contributed by atoms with E-state index >= 15 is 0 Å². The van der Waals surface area contributed by atoms with E-state index in [1.807, 2.05) is 19.1 Å². The van der Waals surface area contributed by atoms with Gasteiger partial charge in [-0.15, -0.1) is 11.3 Å². The van der Waals surface area contributed by atoms with Crippen LogP contribution < -0.4 is 25.0 Å². The Hall–Kier alpha value is -3.51. The van der Waals surface area contributed by atoms with Crippen LogP contribution >= 0.6 is 22.0 Å². The summed E-state index contributed by atoms with van der Waals surface area (Å²) in [6.07, 6.45) is 0. The molecule has 12 heteroatoms. The van der Waals surface area contributed by atoms with Crippen LogP contribution in [0.2, 0.25) is 0 Å². The average molecular weight is 523 g/mol. The highest BCUT2D eigenvalue weighted by atomic mass is 32.2. The van der Waals surface area contributed by atoms with Gasteiger partial charge in [-0.2, -0.15) is 0 Å². The second-order valence-corrected chi connectivity index (χ2v) is 10.7. The summed E-state index contributed by atoms with van der Waals surface area (Å²) in [5.41, 5.74) is -0.741. The Labute approximate surface area is 206 Å². The standard InChI is InChI=1S/C23H21F3N4O3S2/c1-4-35(20-6-5-12(2)34-20)29-23(32)28-21-16(25)7-13(8-17(21)26)30-11-33-19-10-18(27-3)15(24)9-14(19)22(30)31/h4-10,27H,11H2,1-3H3,(H2,28,29,32). The maximum absolute atomic E-state index is 14.8. The van der Waals surface area contributed by atoms with Gasteiger partial charge in [0.2, 0.25) is 0 Å². The van der Waals surface area contributed by atoms with Gasteiger partial charge in [-0.3, -0.25) is 14.4 Å². The molecule has 3 aromatic rings. The molecule has 35 heavy (non-hydrogen) atoms. The van der Waals surface area contributed by atoms with Crippen molar-refractivity contribution in [3.8, 4) is 5.75 Å². The third-order valence-corrected chi connectivity index (χ3v) is 8.14. The zero-order chi connectivity index (χ0) is 25.3. The Balaban J connectivity index is 1.53. The first-order valence-corrected chi connectivity index (χ1v) is 12.4. The molecule has 1 aliphatic heterocycles. The lowest BCUT2D eigenvalue weighted by Crippen LogP contribution is -2.39. The number of hydrogen-bond acceptors (Lipinski definition) is 5. The van der Waals surface area contributed by atoms with Gasteiger partial charge in [-0.05, 0) is 37.4 Å². The molecule has 2 aromatic carbocycles. The van der Waals surface area contributed by atoms with Crippen molar-refractivity contribution in [1.82, 2.24) is 4.72 Å². The van der Waals surface area contributed by atoms with Crippen LogP contribution in [0.15, 0.2) is 40.6 Å². The molecule has 3 N–H and O–H groups in total. The van der Waals surface area contributed by atoms with Gasteiger partial charge >= 0.3 is 6.03 Å². The summed E-state index contributed by atoms with van der Waals surface area (Å²) in [4.78, 5) is 27.4. The van der Waals surface area contributed by atoms with Crippen molar-refractivity contribution in [2.45, 2.75) is 18.1 Å². The number of ether oxygens (including phenoxy) is 1. The van der Waals surface area contributed by atoms with Gasteiger partial charge in [0.05, 0.1) is 21.1 Å². The van der Waals surface area contributed by atoms with E-state index < -0.39 is 45.7 Å². The minimum atomic E-state index is -1.09.